The number of amides is 1. The number of methoxy groups -OCH3 is 1. The number of carbonyl (C=O) groups excluding carboxylic acids is 2. The zero-order valence-corrected chi connectivity index (χ0v) is 8.08. The lowest BCUT2D eigenvalue weighted by atomic mass is 10.0. The number of ether oxygens (including phenoxy) is 1. The first-order valence-electron chi connectivity index (χ1n) is 4.51. The van der Waals surface area contributed by atoms with Gasteiger partial charge in [0.15, 0.2) is 0 Å². The van der Waals surface area contributed by atoms with Gasteiger partial charge in [-0.05, 0) is 19.8 Å². The van der Waals surface area contributed by atoms with Crippen LogP contribution in [0.1, 0.15) is 26.2 Å². The van der Waals surface area contributed by atoms with Crippen molar-refractivity contribution in [3.05, 3.63) is 0 Å². The molecule has 4 nitrogen and oxygen atoms in total. The highest BCUT2D eigenvalue weighted by atomic mass is 16.5. The van der Waals surface area contributed by atoms with Gasteiger partial charge in [0, 0.05) is 12.5 Å². The Morgan fingerprint density at radius 1 is 1.69 bits per heavy atom. The molecule has 1 atom stereocenters. The van der Waals surface area contributed by atoms with Crippen LogP contribution in [0.4, 0.5) is 0 Å². The van der Waals surface area contributed by atoms with Crippen molar-refractivity contribution in [2.75, 3.05) is 13.7 Å². The Hall–Kier alpha value is -1.06. The van der Waals surface area contributed by atoms with E-state index in [4.69, 9.17) is 0 Å². The standard InChI is InChI=1S/C9H15NO3/c1-7-4-3-5-8(11)10(7)6-9(12)13-2/h7H,3-6H2,1-2H3. The van der Waals surface area contributed by atoms with E-state index >= 15 is 0 Å². The molecule has 0 aliphatic carbocycles. The van der Waals surface area contributed by atoms with Crippen LogP contribution in [-0.4, -0.2) is 36.5 Å². The summed E-state index contributed by atoms with van der Waals surface area (Å²) in [5, 5.41) is 0. The van der Waals surface area contributed by atoms with Gasteiger partial charge in [0.05, 0.1) is 7.11 Å². The maximum Gasteiger partial charge on any atom is 0.325 e. The predicted molar refractivity (Wildman–Crippen MR) is 47.0 cm³/mol. The highest BCUT2D eigenvalue weighted by Crippen LogP contribution is 2.17. The monoisotopic (exact) mass is 185 g/mol. The van der Waals surface area contributed by atoms with E-state index in [2.05, 4.69) is 4.74 Å². The fraction of sp³-hybridized carbons (Fsp3) is 0.778. The maximum absolute atomic E-state index is 11.4. The Bertz CT molecular complexity index is 215. The van der Waals surface area contributed by atoms with Gasteiger partial charge >= 0.3 is 5.97 Å². The molecule has 0 aromatic rings. The van der Waals surface area contributed by atoms with Crippen molar-refractivity contribution in [1.29, 1.82) is 0 Å². The summed E-state index contributed by atoms with van der Waals surface area (Å²) in [6, 6.07) is 0.167. The molecular weight excluding hydrogens is 170 g/mol. The molecule has 1 saturated heterocycles. The summed E-state index contributed by atoms with van der Waals surface area (Å²) < 4.78 is 4.52. The average Bonchev–Trinajstić information content (AvgIpc) is 2.11. The van der Waals surface area contributed by atoms with Crippen molar-refractivity contribution < 1.29 is 14.3 Å². The van der Waals surface area contributed by atoms with Crippen molar-refractivity contribution in [3.63, 3.8) is 0 Å². The molecule has 0 saturated carbocycles. The second-order valence-electron chi connectivity index (χ2n) is 3.34. The highest BCUT2D eigenvalue weighted by molar-refractivity contribution is 5.82. The van der Waals surface area contributed by atoms with Gasteiger partial charge in [0.25, 0.3) is 0 Å². The molecule has 1 fully saturated rings. The Morgan fingerprint density at radius 2 is 2.38 bits per heavy atom. The molecule has 0 spiro atoms. The summed E-state index contributed by atoms with van der Waals surface area (Å²) in [4.78, 5) is 23.9. The molecule has 0 aromatic carbocycles. The number of esters is 1. The largest absolute Gasteiger partial charge is 0.468 e. The van der Waals surface area contributed by atoms with Gasteiger partial charge in [-0.2, -0.15) is 0 Å². The van der Waals surface area contributed by atoms with Crippen LogP contribution in [0.25, 0.3) is 0 Å². The third-order valence-corrected chi connectivity index (χ3v) is 2.39. The van der Waals surface area contributed by atoms with Gasteiger partial charge in [-0.15, -0.1) is 0 Å². The van der Waals surface area contributed by atoms with Crippen molar-refractivity contribution in [2.24, 2.45) is 0 Å². The minimum atomic E-state index is -0.345. The smallest absolute Gasteiger partial charge is 0.325 e. The quantitative estimate of drug-likeness (QED) is 0.590. The normalized spacial score (nSPS) is 23.1. The summed E-state index contributed by atoms with van der Waals surface area (Å²) in [7, 11) is 1.33. The lowest BCUT2D eigenvalue weighted by Gasteiger charge is -2.32. The van der Waals surface area contributed by atoms with E-state index in [0.29, 0.717) is 6.42 Å². The molecule has 0 aromatic heterocycles. The lowest BCUT2D eigenvalue weighted by molar-refractivity contribution is -0.149. The molecule has 1 rings (SSSR count). The summed E-state index contributed by atoms with van der Waals surface area (Å²) in [5.41, 5.74) is 0. The van der Waals surface area contributed by atoms with Gasteiger partial charge in [-0.3, -0.25) is 9.59 Å². The molecule has 1 amide bonds. The second kappa shape index (κ2) is 4.25. The lowest BCUT2D eigenvalue weighted by Crippen LogP contribution is -2.45. The van der Waals surface area contributed by atoms with Crippen LogP contribution in [0, 0.1) is 0 Å². The SMILES string of the molecule is COC(=O)CN1C(=O)CCCC1C. The zero-order valence-electron chi connectivity index (χ0n) is 8.08. The van der Waals surface area contributed by atoms with E-state index in [1.54, 1.807) is 4.90 Å². The number of carbonyl (C=O) groups is 2. The first-order chi connectivity index (χ1) is 6.15. The predicted octanol–water partition coefficient (Wildman–Crippen LogP) is 0.560. The van der Waals surface area contributed by atoms with Gasteiger partial charge in [0.2, 0.25) is 5.91 Å². The van der Waals surface area contributed by atoms with Gasteiger partial charge in [-0.25, -0.2) is 0 Å². The third-order valence-electron chi connectivity index (χ3n) is 2.39. The van der Waals surface area contributed by atoms with Gasteiger partial charge in [-0.1, -0.05) is 0 Å². The molecule has 1 heterocycles. The van der Waals surface area contributed by atoms with Crippen molar-refractivity contribution >= 4 is 11.9 Å². The number of likely N-dealkylation sites (tertiary alicyclic amines) is 1. The van der Waals surface area contributed by atoms with Crippen molar-refractivity contribution in [2.45, 2.75) is 32.2 Å². The third kappa shape index (κ3) is 2.44. The fourth-order valence-electron chi connectivity index (χ4n) is 1.54. The van der Waals surface area contributed by atoms with E-state index in [-0.39, 0.29) is 24.5 Å². The van der Waals surface area contributed by atoms with Crippen molar-refractivity contribution in [1.82, 2.24) is 4.90 Å². The van der Waals surface area contributed by atoms with Crippen molar-refractivity contribution in [3.8, 4) is 0 Å². The maximum atomic E-state index is 11.4. The van der Waals surface area contributed by atoms with Crippen LogP contribution in [0.15, 0.2) is 0 Å². The number of hydrogen-bond acceptors (Lipinski definition) is 3. The topological polar surface area (TPSA) is 46.6 Å². The summed E-state index contributed by atoms with van der Waals surface area (Å²) in [6.07, 6.45) is 2.46. The Labute approximate surface area is 77.8 Å². The molecule has 13 heavy (non-hydrogen) atoms. The van der Waals surface area contributed by atoms with Crippen LogP contribution in [-0.2, 0) is 14.3 Å². The fourth-order valence-corrected chi connectivity index (χ4v) is 1.54. The van der Waals surface area contributed by atoms with Crippen LogP contribution in [0.2, 0.25) is 0 Å². The van der Waals surface area contributed by atoms with E-state index in [1.165, 1.54) is 7.11 Å². The minimum Gasteiger partial charge on any atom is -0.468 e. The van der Waals surface area contributed by atoms with E-state index in [1.807, 2.05) is 6.92 Å². The van der Waals surface area contributed by atoms with E-state index in [0.717, 1.165) is 12.8 Å². The van der Waals surface area contributed by atoms with Crippen LogP contribution in [0.3, 0.4) is 0 Å². The molecule has 1 aliphatic heterocycles. The average molecular weight is 185 g/mol. The molecule has 1 aliphatic rings. The number of nitrogens with zero attached hydrogens (tertiary/aromatic N) is 1. The number of hydrogen-bond donors (Lipinski definition) is 0. The Balaban J connectivity index is 2.53. The molecule has 74 valence electrons. The van der Waals surface area contributed by atoms with Crippen LogP contribution < -0.4 is 0 Å². The molecule has 0 N–H and O–H groups in total. The summed E-state index contributed by atoms with van der Waals surface area (Å²) >= 11 is 0. The minimum absolute atomic E-state index is 0.0594. The summed E-state index contributed by atoms with van der Waals surface area (Å²) in [5.74, 6) is -0.286. The van der Waals surface area contributed by atoms with Crippen LogP contribution in [0.5, 0.6) is 0 Å². The molecule has 1 unspecified atom stereocenters. The van der Waals surface area contributed by atoms with Crippen LogP contribution >= 0.6 is 0 Å². The van der Waals surface area contributed by atoms with Gasteiger partial charge in [0.1, 0.15) is 6.54 Å². The molecular formula is C9H15NO3. The van der Waals surface area contributed by atoms with E-state index < -0.39 is 0 Å². The molecule has 4 heteroatoms. The first kappa shape index (κ1) is 10.0. The van der Waals surface area contributed by atoms with Gasteiger partial charge < -0.3 is 9.64 Å². The zero-order chi connectivity index (χ0) is 9.84. The Morgan fingerprint density at radius 3 is 2.92 bits per heavy atom. The number of rotatable bonds is 2. The second-order valence-corrected chi connectivity index (χ2v) is 3.34. The highest BCUT2D eigenvalue weighted by Gasteiger charge is 2.26. The Kier molecular flexibility index (Phi) is 3.28. The molecule has 0 bridgehead atoms. The molecule has 0 radical (unpaired) electrons. The number of piperidine rings is 1. The summed E-state index contributed by atoms with van der Waals surface area (Å²) in [6.45, 7) is 2.05. The van der Waals surface area contributed by atoms with E-state index in [9.17, 15) is 9.59 Å². The first-order valence-corrected chi connectivity index (χ1v) is 4.51.